The summed E-state index contributed by atoms with van der Waals surface area (Å²) in [5.41, 5.74) is 3.59. The van der Waals surface area contributed by atoms with Crippen LogP contribution in [0.15, 0.2) is 42.5 Å². The van der Waals surface area contributed by atoms with Crippen molar-refractivity contribution in [3.8, 4) is 5.75 Å². The molecular weight excluding hydrogens is 226 g/mol. The third-order valence-electron chi connectivity index (χ3n) is 3.02. The molecule has 0 fully saturated rings. The summed E-state index contributed by atoms with van der Waals surface area (Å²) in [7, 11) is 0. The Hall–Kier alpha value is -2.36. The molecule has 0 radical (unpaired) electrons. The smallest absolute Gasteiger partial charge is 0.143 e. The fraction of sp³-hybridized carbons (Fsp3) is 0.143. The number of aromatic nitrogens is 3. The van der Waals surface area contributed by atoms with Crippen LogP contribution in [0.3, 0.4) is 0 Å². The molecule has 1 N–H and O–H groups in total. The second-order valence-electron chi connectivity index (χ2n) is 4.33. The molecule has 4 heteroatoms. The number of phenolic OH excluding ortho intramolecular Hbond substituents is 1. The lowest BCUT2D eigenvalue weighted by Crippen LogP contribution is -2.01. The first kappa shape index (κ1) is 10.8. The Labute approximate surface area is 104 Å². The van der Waals surface area contributed by atoms with Gasteiger partial charge < -0.3 is 5.11 Å². The van der Waals surface area contributed by atoms with E-state index in [0.717, 1.165) is 16.6 Å². The number of rotatable bonds is 2. The van der Waals surface area contributed by atoms with Crippen LogP contribution in [0.25, 0.3) is 11.0 Å². The van der Waals surface area contributed by atoms with Crippen LogP contribution in [0.5, 0.6) is 5.75 Å². The molecule has 1 aromatic heterocycles. The number of aryl methyl sites for hydroxylation is 1. The number of hydrogen-bond donors (Lipinski definition) is 1. The molecule has 0 saturated carbocycles. The standard InChI is InChI=1S/C14H13N3O/c1-10-7-8-12(18)14-13(10)15-16-17(14)9-11-5-3-2-4-6-11/h2-8,18H,9H2,1H3. The first-order chi connectivity index (χ1) is 8.75. The molecule has 1 heterocycles. The number of benzene rings is 2. The van der Waals surface area contributed by atoms with Crippen molar-refractivity contribution in [2.75, 3.05) is 0 Å². The van der Waals surface area contributed by atoms with Gasteiger partial charge in [0.25, 0.3) is 0 Å². The van der Waals surface area contributed by atoms with Crippen molar-refractivity contribution in [3.63, 3.8) is 0 Å². The van der Waals surface area contributed by atoms with Gasteiger partial charge in [-0.3, -0.25) is 0 Å². The molecule has 0 aliphatic carbocycles. The first-order valence-electron chi connectivity index (χ1n) is 5.81. The fourth-order valence-corrected chi connectivity index (χ4v) is 2.06. The van der Waals surface area contributed by atoms with Gasteiger partial charge in [-0.2, -0.15) is 0 Å². The molecule has 0 atom stereocenters. The maximum absolute atomic E-state index is 9.94. The van der Waals surface area contributed by atoms with Gasteiger partial charge in [0.05, 0.1) is 6.54 Å². The van der Waals surface area contributed by atoms with Gasteiger partial charge in [0.1, 0.15) is 16.8 Å². The van der Waals surface area contributed by atoms with Gasteiger partial charge in [0.15, 0.2) is 0 Å². The van der Waals surface area contributed by atoms with E-state index in [-0.39, 0.29) is 5.75 Å². The molecule has 0 aliphatic rings. The first-order valence-corrected chi connectivity index (χ1v) is 5.81. The molecule has 0 bridgehead atoms. The maximum Gasteiger partial charge on any atom is 0.143 e. The summed E-state index contributed by atoms with van der Waals surface area (Å²) in [6.07, 6.45) is 0. The summed E-state index contributed by atoms with van der Waals surface area (Å²) >= 11 is 0. The van der Waals surface area contributed by atoms with E-state index in [1.54, 1.807) is 10.7 Å². The van der Waals surface area contributed by atoms with Crippen molar-refractivity contribution in [1.82, 2.24) is 15.0 Å². The zero-order valence-electron chi connectivity index (χ0n) is 10.0. The molecule has 0 spiro atoms. The van der Waals surface area contributed by atoms with Gasteiger partial charge in [-0.25, -0.2) is 4.68 Å². The number of fused-ring (bicyclic) bond motifs is 1. The van der Waals surface area contributed by atoms with Crippen molar-refractivity contribution in [1.29, 1.82) is 0 Å². The molecule has 0 aliphatic heterocycles. The van der Waals surface area contributed by atoms with Crippen LogP contribution < -0.4 is 0 Å². The number of aromatic hydroxyl groups is 1. The number of hydrogen-bond acceptors (Lipinski definition) is 3. The minimum atomic E-state index is 0.219. The topological polar surface area (TPSA) is 50.9 Å². The van der Waals surface area contributed by atoms with Crippen LogP contribution in [0, 0.1) is 6.92 Å². The zero-order valence-corrected chi connectivity index (χ0v) is 10.0. The molecule has 3 rings (SSSR count). The molecule has 0 saturated heterocycles. The van der Waals surface area contributed by atoms with E-state index < -0.39 is 0 Å². The van der Waals surface area contributed by atoms with Crippen molar-refractivity contribution >= 4 is 11.0 Å². The maximum atomic E-state index is 9.94. The lowest BCUT2D eigenvalue weighted by atomic mass is 10.2. The Morgan fingerprint density at radius 3 is 2.67 bits per heavy atom. The van der Waals surface area contributed by atoms with Crippen molar-refractivity contribution < 1.29 is 5.11 Å². The second-order valence-corrected chi connectivity index (χ2v) is 4.33. The third kappa shape index (κ3) is 1.72. The fourth-order valence-electron chi connectivity index (χ4n) is 2.06. The Balaban J connectivity index is 2.11. The summed E-state index contributed by atoms with van der Waals surface area (Å²) in [5, 5.41) is 18.2. The Bertz CT molecular complexity index is 689. The van der Waals surface area contributed by atoms with E-state index in [9.17, 15) is 5.11 Å². The molecule has 4 nitrogen and oxygen atoms in total. The van der Waals surface area contributed by atoms with Crippen LogP contribution in [0.1, 0.15) is 11.1 Å². The van der Waals surface area contributed by atoms with E-state index in [1.165, 1.54) is 0 Å². The van der Waals surface area contributed by atoms with Gasteiger partial charge in [0, 0.05) is 0 Å². The molecule has 2 aromatic carbocycles. The second kappa shape index (κ2) is 4.14. The predicted molar refractivity (Wildman–Crippen MR) is 69.5 cm³/mol. The molecule has 0 amide bonds. The Kier molecular flexibility index (Phi) is 2.48. The normalized spacial score (nSPS) is 10.9. The molecule has 3 aromatic rings. The van der Waals surface area contributed by atoms with Crippen LogP contribution in [0.2, 0.25) is 0 Å². The number of phenols is 1. The van der Waals surface area contributed by atoms with Crippen LogP contribution in [0.4, 0.5) is 0 Å². The van der Waals surface area contributed by atoms with Crippen LogP contribution >= 0.6 is 0 Å². The molecule has 90 valence electrons. The van der Waals surface area contributed by atoms with E-state index in [4.69, 9.17) is 0 Å². The van der Waals surface area contributed by atoms with Crippen molar-refractivity contribution in [2.24, 2.45) is 0 Å². The minimum Gasteiger partial charge on any atom is -0.506 e. The van der Waals surface area contributed by atoms with E-state index in [0.29, 0.717) is 12.1 Å². The van der Waals surface area contributed by atoms with Crippen LogP contribution in [-0.4, -0.2) is 20.1 Å². The molecule has 0 unspecified atom stereocenters. The van der Waals surface area contributed by atoms with Crippen molar-refractivity contribution in [2.45, 2.75) is 13.5 Å². The highest BCUT2D eigenvalue weighted by molar-refractivity contribution is 5.83. The SMILES string of the molecule is Cc1ccc(O)c2c1nnn2Cc1ccccc1. The Morgan fingerprint density at radius 1 is 1.11 bits per heavy atom. The lowest BCUT2D eigenvalue weighted by molar-refractivity contribution is 0.476. The van der Waals surface area contributed by atoms with E-state index >= 15 is 0 Å². The minimum absolute atomic E-state index is 0.219. The van der Waals surface area contributed by atoms with Gasteiger partial charge in [-0.05, 0) is 24.1 Å². The third-order valence-corrected chi connectivity index (χ3v) is 3.02. The quantitative estimate of drug-likeness (QED) is 0.747. The predicted octanol–water partition coefficient (Wildman–Crippen LogP) is 2.49. The van der Waals surface area contributed by atoms with E-state index in [2.05, 4.69) is 10.3 Å². The molecule has 18 heavy (non-hydrogen) atoms. The highest BCUT2D eigenvalue weighted by Crippen LogP contribution is 2.25. The van der Waals surface area contributed by atoms with Crippen molar-refractivity contribution in [3.05, 3.63) is 53.6 Å². The Morgan fingerprint density at radius 2 is 1.89 bits per heavy atom. The number of nitrogens with zero attached hydrogens (tertiary/aromatic N) is 3. The van der Waals surface area contributed by atoms with E-state index in [1.807, 2.05) is 43.3 Å². The zero-order chi connectivity index (χ0) is 12.5. The average Bonchev–Trinajstić information content (AvgIpc) is 2.80. The highest BCUT2D eigenvalue weighted by Gasteiger charge is 2.11. The summed E-state index contributed by atoms with van der Waals surface area (Å²) in [5.74, 6) is 0.219. The van der Waals surface area contributed by atoms with Gasteiger partial charge in [0.2, 0.25) is 0 Å². The van der Waals surface area contributed by atoms with Gasteiger partial charge in [-0.15, -0.1) is 5.10 Å². The van der Waals surface area contributed by atoms with Gasteiger partial charge in [-0.1, -0.05) is 41.6 Å². The average molecular weight is 239 g/mol. The molecular formula is C14H13N3O. The summed E-state index contributed by atoms with van der Waals surface area (Å²) in [4.78, 5) is 0. The monoisotopic (exact) mass is 239 g/mol. The highest BCUT2D eigenvalue weighted by atomic mass is 16.3. The largest absolute Gasteiger partial charge is 0.506 e. The van der Waals surface area contributed by atoms with Crippen LogP contribution in [-0.2, 0) is 6.54 Å². The van der Waals surface area contributed by atoms with Gasteiger partial charge >= 0.3 is 0 Å². The summed E-state index contributed by atoms with van der Waals surface area (Å²) < 4.78 is 1.73. The lowest BCUT2D eigenvalue weighted by Gasteiger charge is -2.04. The summed E-state index contributed by atoms with van der Waals surface area (Å²) in [6, 6.07) is 13.5. The summed E-state index contributed by atoms with van der Waals surface area (Å²) in [6.45, 7) is 2.57.